The number of nitrogens with zero attached hydrogens (tertiary/aromatic N) is 1. The number of benzene rings is 1. The number of hydrogen-bond donors (Lipinski definition) is 1. The molecule has 0 aliphatic carbocycles. The quantitative estimate of drug-likeness (QED) is 0.727. The van der Waals surface area contributed by atoms with Crippen molar-refractivity contribution >= 4 is 23.6 Å². The van der Waals surface area contributed by atoms with Gasteiger partial charge in [-0.15, -0.1) is 0 Å². The Morgan fingerprint density at radius 3 is 2.77 bits per heavy atom. The molecule has 1 N–H and O–H groups in total. The van der Waals surface area contributed by atoms with E-state index in [1.54, 1.807) is 36.0 Å². The lowest BCUT2D eigenvalue weighted by Gasteiger charge is -2.16. The van der Waals surface area contributed by atoms with Crippen LogP contribution in [0.25, 0.3) is 0 Å². The Balaban J connectivity index is 2.56. The van der Waals surface area contributed by atoms with Crippen LogP contribution in [0, 0.1) is 11.3 Å². The maximum Gasteiger partial charge on any atom is 0.328 e. The van der Waals surface area contributed by atoms with E-state index in [0.29, 0.717) is 17.7 Å². The minimum Gasteiger partial charge on any atom is -0.482 e. The molecule has 0 unspecified atom stereocenters. The minimum absolute atomic E-state index is 0.272. The number of para-hydroxylation sites is 1. The molecule has 0 fully saturated rings. The van der Waals surface area contributed by atoms with Gasteiger partial charge in [-0.05, 0) is 30.6 Å². The third-order valence-corrected chi connectivity index (χ3v) is 3.44. The van der Waals surface area contributed by atoms with Crippen molar-refractivity contribution in [1.82, 2.24) is 5.32 Å². The summed E-state index contributed by atoms with van der Waals surface area (Å²) in [6.45, 7) is -0.272. The van der Waals surface area contributed by atoms with Gasteiger partial charge in [0.15, 0.2) is 6.61 Å². The van der Waals surface area contributed by atoms with Crippen molar-refractivity contribution in [2.45, 2.75) is 12.5 Å². The first kappa shape index (κ1) is 17.9. The van der Waals surface area contributed by atoms with Crippen LogP contribution in [0.2, 0.25) is 0 Å². The van der Waals surface area contributed by atoms with Crippen LogP contribution in [0.4, 0.5) is 0 Å². The monoisotopic (exact) mass is 322 g/mol. The second kappa shape index (κ2) is 9.68. The van der Waals surface area contributed by atoms with Crippen LogP contribution in [0.3, 0.4) is 0 Å². The molecule has 0 saturated carbocycles. The molecule has 1 atom stereocenters. The molecule has 6 nitrogen and oxygen atoms in total. The van der Waals surface area contributed by atoms with E-state index in [0.717, 1.165) is 5.75 Å². The fourth-order valence-corrected chi connectivity index (χ4v) is 2.16. The van der Waals surface area contributed by atoms with Gasteiger partial charge < -0.3 is 14.8 Å². The molecule has 1 aromatic carbocycles. The summed E-state index contributed by atoms with van der Waals surface area (Å²) in [7, 11) is 1.28. The van der Waals surface area contributed by atoms with Crippen molar-refractivity contribution < 1.29 is 19.1 Å². The molecule has 22 heavy (non-hydrogen) atoms. The van der Waals surface area contributed by atoms with E-state index in [4.69, 9.17) is 10.00 Å². The van der Waals surface area contributed by atoms with Crippen LogP contribution < -0.4 is 10.1 Å². The molecule has 0 saturated heterocycles. The van der Waals surface area contributed by atoms with Crippen molar-refractivity contribution in [3.8, 4) is 11.8 Å². The lowest BCUT2D eigenvalue weighted by atomic mass is 10.2. The van der Waals surface area contributed by atoms with Crippen molar-refractivity contribution in [2.24, 2.45) is 0 Å². The zero-order valence-corrected chi connectivity index (χ0v) is 13.3. The molecular weight excluding hydrogens is 304 g/mol. The van der Waals surface area contributed by atoms with Gasteiger partial charge in [0.1, 0.15) is 17.9 Å². The maximum absolute atomic E-state index is 11.9. The van der Waals surface area contributed by atoms with Gasteiger partial charge in [0.05, 0.1) is 12.7 Å². The summed E-state index contributed by atoms with van der Waals surface area (Å²) in [5.74, 6) is 0.126. The number of carbonyl (C=O) groups excluding carboxylic acids is 2. The van der Waals surface area contributed by atoms with Crippen LogP contribution in [0.15, 0.2) is 24.3 Å². The molecule has 118 valence electrons. The molecule has 7 heteroatoms. The summed E-state index contributed by atoms with van der Waals surface area (Å²) in [5.41, 5.74) is 0.349. The largest absolute Gasteiger partial charge is 0.482 e. The molecule has 1 amide bonds. The fraction of sp³-hybridized carbons (Fsp3) is 0.400. The second-order valence-electron chi connectivity index (χ2n) is 4.32. The highest BCUT2D eigenvalue weighted by Crippen LogP contribution is 2.16. The number of amides is 1. The number of nitrogens with one attached hydrogen (secondary N) is 1. The molecule has 1 aromatic rings. The van der Waals surface area contributed by atoms with Crippen molar-refractivity contribution in [3.63, 3.8) is 0 Å². The third-order valence-electron chi connectivity index (χ3n) is 2.80. The Morgan fingerprint density at radius 2 is 2.14 bits per heavy atom. The van der Waals surface area contributed by atoms with Gasteiger partial charge in [0.2, 0.25) is 0 Å². The van der Waals surface area contributed by atoms with Crippen LogP contribution in [0.5, 0.6) is 5.75 Å². The van der Waals surface area contributed by atoms with E-state index in [1.165, 1.54) is 7.11 Å². The zero-order chi connectivity index (χ0) is 16.4. The highest BCUT2D eigenvalue weighted by Gasteiger charge is 2.21. The fourth-order valence-electron chi connectivity index (χ4n) is 1.69. The molecular formula is C15H18N2O4S. The minimum atomic E-state index is -0.695. The van der Waals surface area contributed by atoms with Gasteiger partial charge >= 0.3 is 5.97 Å². The first-order valence-corrected chi connectivity index (χ1v) is 7.99. The summed E-state index contributed by atoms with van der Waals surface area (Å²) in [5, 5.41) is 11.5. The van der Waals surface area contributed by atoms with E-state index in [9.17, 15) is 9.59 Å². The summed E-state index contributed by atoms with van der Waals surface area (Å²) >= 11 is 1.57. The Morgan fingerprint density at radius 1 is 1.41 bits per heavy atom. The Kier molecular flexibility index (Phi) is 7.86. The van der Waals surface area contributed by atoms with E-state index < -0.39 is 17.9 Å². The number of carbonyl (C=O) groups is 2. The molecule has 0 aromatic heterocycles. The maximum atomic E-state index is 11.9. The third kappa shape index (κ3) is 5.66. The number of ether oxygens (including phenoxy) is 2. The van der Waals surface area contributed by atoms with Gasteiger partial charge in [0, 0.05) is 0 Å². The zero-order valence-electron chi connectivity index (χ0n) is 12.5. The Bertz CT molecular complexity index is 557. The standard InChI is InChI=1S/C15H18N2O4S/c1-20-15(19)12(7-8-22-2)17-14(18)10-21-13-6-4-3-5-11(13)9-16/h3-6,12H,7-8,10H2,1-2H3,(H,17,18)/t12-/m1/s1. The SMILES string of the molecule is COC(=O)[C@@H](CCSC)NC(=O)COc1ccccc1C#N. The average Bonchev–Trinajstić information content (AvgIpc) is 2.56. The second-order valence-corrected chi connectivity index (χ2v) is 5.31. The first-order chi connectivity index (χ1) is 10.6. The number of hydrogen-bond acceptors (Lipinski definition) is 6. The van der Waals surface area contributed by atoms with Crippen molar-refractivity contribution in [3.05, 3.63) is 29.8 Å². The van der Waals surface area contributed by atoms with E-state index in [2.05, 4.69) is 10.1 Å². The molecule has 0 spiro atoms. The van der Waals surface area contributed by atoms with Gasteiger partial charge in [-0.25, -0.2) is 4.79 Å². The van der Waals surface area contributed by atoms with Gasteiger partial charge in [-0.3, -0.25) is 4.79 Å². The molecule has 0 radical (unpaired) electrons. The van der Waals surface area contributed by atoms with E-state index in [1.807, 2.05) is 12.3 Å². The van der Waals surface area contributed by atoms with Gasteiger partial charge in [-0.1, -0.05) is 12.1 Å². The van der Waals surface area contributed by atoms with Crippen molar-refractivity contribution in [2.75, 3.05) is 25.7 Å². The predicted octanol–water partition coefficient (Wildman–Crippen LogP) is 1.35. The predicted molar refractivity (Wildman–Crippen MR) is 83.6 cm³/mol. The highest BCUT2D eigenvalue weighted by atomic mass is 32.2. The van der Waals surface area contributed by atoms with Crippen LogP contribution in [0.1, 0.15) is 12.0 Å². The number of methoxy groups -OCH3 is 1. The van der Waals surface area contributed by atoms with Crippen LogP contribution in [-0.4, -0.2) is 43.6 Å². The highest BCUT2D eigenvalue weighted by molar-refractivity contribution is 7.98. The Labute approximate surface area is 133 Å². The normalized spacial score (nSPS) is 11.1. The number of esters is 1. The topological polar surface area (TPSA) is 88.4 Å². The lowest BCUT2D eigenvalue weighted by Crippen LogP contribution is -2.43. The van der Waals surface area contributed by atoms with Crippen LogP contribution >= 0.6 is 11.8 Å². The van der Waals surface area contributed by atoms with Gasteiger partial charge in [0.25, 0.3) is 5.91 Å². The molecule has 0 bridgehead atoms. The van der Waals surface area contributed by atoms with E-state index in [-0.39, 0.29) is 6.61 Å². The molecule has 0 aliphatic heterocycles. The summed E-state index contributed by atoms with van der Waals surface area (Å²) in [6.07, 6.45) is 2.40. The van der Waals surface area contributed by atoms with Gasteiger partial charge in [-0.2, -0.15) is 17.0 Å². The summed E-state index contributed by atoms with van der Waals surface area (Å²) in [6, 6.07) is 7.92. The average molecular weight is 322 g/mol. The van der Waals surface area contributed by atoms with E-state index >= 15 is 0 Å². The smallest absolute Gasteiger partial charge is 0.328 e. The lowest BCUT2D eigenvalue weighted by molar-refractivity contribution is -0.145. The first-order valence-electron chi connectivity index (χ1n) is 6.60. The van der Waals surface area contributed by atoms with Crippen LogP contribution in [-0.2, 0) is 14.3 Å². The number of nitriles is 1. The number of thioether (sulfide) groups is 1. The molecule has 0 heterocycles. The number of rotatable bonds is 8. The summed E-state index contributed by atoms with van der Waals surface area (Å²) in [4.78, 5) is 23.5. The molecule has 0 aliphatic rings. The summed E-state index contributed by atoms with van der Waals surface area (Å²) < 4.78 is 9.98. The molecule has 1 rings (SSSR count). The van der Waals surface area contributed by atoms with Crippen molar-refractivity contribution in [1.29, 1.82) is 5.26 Å². The Hall–Kier alpha value is -2.20.